The molecule has 0 bridgehead atoms. The Kier molecular flexibility index (Phi) is 5.52. The van der Waals surface area contributed by atoms with Crippen LogP contribution in [0.25, 0.3) is 11.3 Å². The Hall–Kier alpha value is -2.47. The van der Waals surface area contributed by atoms with Gasteiger partial charge >= 0.3 is 0 Å². The van der Waals surface area contributed by atoms with Crippen LogP contribution in [-0.4, -0.2) is 16.1 Å². The highest BCUT2D eigenvalue weighted by Crippen LogP contribution is 2.33. The molecule has 0 aliphatic carbocycles. The first-order valence-corrected chi connectivity index (χ1v) is 9.38. The number of pyridine rings is 1. The first-order chi connectivity index (χ1) is 12.4. The third kappa shape index (κ3) is 4.38. The molecule has 136 valence electrons. The second-order valence-electron chi connectivity index (χ2n) is 6.48. The predicted octanol–water partition coefficient (Wildman–Crippen LogP) is 5.36. The maximum atomic E-state index is 13.2. The molecule has 1 N–H and O–H groups in total. The average molecular weight is 371 g/mol. The van der Waals surface area contributed by atoms with E-state index >= 15 is 0 Å². The number of hydrogen-bond acceptors (Lipinski definition) is 5. The van der Waals surface area contributed by atoms with E-state index in [2.05, 4.69) is 41.3 Å². The van der Waals surface area contributed by atoms with Gasteiger partial charge < -0.3 is 10.1 Å². The van der Waals surface area contributed by atoms with Crippen molar-refractivity contribution < 1.29 is 9.13 Å². The summed E-state index contributed by atoms with van der Waals surface area (Å²) in [4.78, 5) is 8.25. The number of anilines is 1. The number of rotatable bonds is 6. The molecule has 0 radical (unpaired) electrons. The van der Waals surface area contributed by atoms with Crippen LogP contribution < -0.4 is 10.1 Å². The van der Waals surface area contributed by atoms with Gasteiger partial charge in [-0.25, -0.2) is 9.97 Å². The first kappa shape index (κ1) is 18.3. The van der Waals surface area contributed by atoms with Gasteiger partial charge in [-0.2, -0.15) is 4.39 Å². The number of benzene rings is 1. The van der Waals surface area contributed by atoms with Gasteiger partial charge in [0.05, 0.1) is 11.8 Å². The number of halogens is 1. The summed E-state index contributed by atoms with van der Waals surface area (Å²) in [5, 5.41) is 6.08. The van der Waals surface area contributed by atoms with Crippen LogP contribution in [0.2, 0.25) is 0 Å². The Bertz CT molecular complexity index is 885. The maximum absolute atomic E-state index is 13.2. The van der Waals surface area contributed by atoms with E-state index in [1.807, 2.05) is 19.2 Å². The number of nitrogens with one attached hydrogen (secondary N) is 1. The maximum Gasteiger partial charge on any atom is 0.213 e. The van der Waals surface area contributed by atoms with Crippen LogP contribution in [0.15, 0.2) is 35.8 Å². The van der Waals surface area contributed by atoms with E-state index in [4.69, 9.17) is 4.74 Å². The van der Waals surface area contributed by atoms with Crippen LogP contribution in [0.3, 0.4) is 0 Å². The van der Waals surface area contributed by atoms with Crippen LogP contribution >= 0.6 is 11.3 Å². The van der Waals surface area contributed by atoms with Crippen molar-refractivity contribution in [2.75, 3.05) is 5.32 Å². The predicted molar refractivity (Wildman–Crippen MR) is 104 cm³/mol. The van der Waals surface area contributed by atoms with E-state index in [0.717, 1.165) is 38.8 Å². The molecular weight excluding hydrogens is 349 g/mol. The standard InChI is InChI=1S/C20H22FN3OS/c1-12(2)25-16-7-13(3)19(14(4)8-16)17-11-26-20(24-17)23-10-15-5-6-22-18(21)9-15/h5-9,11-12H,10H2,1-4H3,(H,23,24). The summed E-state index contributed by atoms with van der Waals surface area (Å²) in [6.45, 7) is 8.69. The summed E-state index contributed by atoms with van der Waals surface area (Å²) in [6.07, 6.45) is 1.61. The van der Waals surface area contributed by atoms with E-state index in [-0.39, 0.29) is 6.10 Å². The molecule has 6 heteroatoms. The lowest BCUT2D eigenvalue weighted by atomic mass is 10.0. The molecule has 0 fully saturated rings. The fraction of sp³-hybridized carbons (Fsp3) is 0.300. The summed E-state index contributed by atoms with van der Waals surface area (Å²) in [7, 11) is 0. The van der Waals surface area contributed by atoms with E-state index in [9.17, 15) is 4.39 Å². The van der Waals surface area contributed by atoms with Gasteiger partial charge in [0.2, 0.25) is 5.95 Å². The van der Waals surface area contributed by atoms with E-state index in [0.29, 0.717) is 6.54 Å². The van der Waals surface area contributed by atoms with Gasteiger partial charge in [-0.3, -0.25) is 0 Å². The van der Waals surface area contributed by atoms with Crippen molar-refractivity contribution in [2.24, 2.45) is 0 Å². The van der Waals surface area contributed by atoms with Crippen molar-refractivity contribution in [3.8, 4) is 17.0 Å². The molecule has 4 nitrogen and oxygen atoms in total. The third-order valence-corrected chi connectivity index (χ3v) is 4.67. The Morgan fingerprint density at radius 2 is 1.92 bits per heavy atom. The molecule has 0 saturated heterocycles. The number of ether oxygens (including phenoxy) is 1. The number of thiazole rings is 1. The monoisotopic (exact) mass is 371 g/mol. The molecular formula is C20H22FN3OS. The molecule has 1 aromatic carbocycles. The van der Waals surface area contributed by atoms with E-state index in [1.54, 1.807) is 6.07 Å². The lowest BCUT2D eigenvalue weighted by Crippen LogP contribution is -2.06. The van der Waals surface area contributed by atoms with Crippen molar-refractivity contribution >= 4 is 16.5 Å². The fourth-order valence-corrected chi connectivity index (χ4v) is 3.57. The topological polar surface area (TPSA) is 47.0 Å². The highest BCUT2D eigenvalue weighted by atomic mass is 32.1. The SMILES string of the molecule is Cc1cc(OC(C)C)cc(C)c1-c1csc(NCc2ccnc(F)c2)n1. The summed E-state index contributed by atoms with van der Waals surface area (Å²) >= 11 is 1.54. The highest BCUT2D eigenvalue weighted by molar-refractivity contribution is 7.14. The molecule has 0 unspecified atom stereocenters. The van der Waals surface area contributed by atoms with Crippen molar-refractivity contribution in [1.82, 2.24) is 9.97 Å². The summed E-state index contributed by atoms with van der Waals surface area (Å²) in [5.74, 6) is 0.408. The summed E-state index contributed by atoms with van der Waals surface area (Å²) in [6, 6.07) is 7.30. The minimum atomic E-state index is -0.473. The zero-order chi connectivity index (χ0) is 18.7. The molecule has 0 amide bonds. The van der Waals surface area contributed by atoms with Gasteiger partial charge in [-0.05, 0) is 68.7 Å². The molecule has 0 spiro atoms. The minimum Gasteiger partial charge on any atom is -0.491 e. The molecule has 3 rings (SSSR count). The summed E-state index contributed by atoms with van der Waals surface area (Å²) in [5.41, 5.74) is 5.16. The van der Waals surface area contributed by atoms with Gasteiger partial charge in [0.1, 0.15) is 5.75 Å². The Balaban J connectivity index is 1.77. The van der Waals surface area contributed by atoms with Gasteiger partial charge in [-0.15, -0.1) is 11.3 Å². The van der Waals surface area contributed by atoms with Crippen LogP contribution in [0.4, 0.5) is 9.52 Å². The van der Waals surface area contributed by atoms with Crippen LogP contribution in [-0.2, 0) is 6.54 Å². The highest BCUT2D eigenvalue weighted by Gasteiger charge is 2.12. The summed E-state index contributed by atoms with van der Waals surface area (Å²) < 4.78 is 19.0. The van der Waals surface area contributed by atoms with Crippen LogP contribution in [0.5, 0.6) is 5.75 Å². The number of nitrogens with zero attached hydrogens (tertiary/aromatic N) is 2. The van der Waals surface area contributed by atoms with Crippen LogP contribution in [0.1, 0.15) is 30.5 Å². The number of aryl methyl sites for hydroxylation is 2. The van der Waals surface area contributed by atoms with Crippen LogP contribution in [0, 0.1) is 19.8 Å². The largest absolute Gasteiger partial charge is 0.491 e. The zero-order valence-electron chi connectivity index (χ0n) is 15.3. The lowest BCUT2D eigenvalue weighted by molar-refractivity contribution is 0.242. The van der Waals surface area contributed by atoms with E-state index < -0.39 is 5.95 Å². The normalized spacial score (nSPS) is 11.0. The molecule has 0 aliphatic heterocycles. The van der Waals surface area contributed by atoms with Crippen molar-refractivity contribution in [1.29, 1.82) is 0 Å². The Labute approximate surface area is 157 Å². The third-order valence-electron chi connectivity index (χ3n) is 3.87. The number of hydrogen-bond donors (Lipinski definition) is 1. The van der Waals surface area contributed by atoms with Gasteiger partial charge in [0.25, 0.3) is 0 Å². The molecule has 0 aliphatic rings. The van der Waals surface area contributed by atoms with Crippen molar-refractivity contribution in [2.45, 2.75) is 40.3 Å². The second-order valence-corrected chi connectivity index (χ2v) is 7.34. The molecule has 26 heavy (non-hydrogen) atoms. The zero-order valence-corrected chi connectivity index (χ0v) is 16.2. The van der Waals surface area contributed by atoms with Gasteiger partial charge in [0, 0.05) is 23.7 Å². The van der Waals surface area contributed by atoms with Crippen molar-refractivity contribution in [3.05, 3.63) is 58.5 Å². The second kappa shape index (κ2) is 7.83. The molecule has 2 aromatic heterocycles. The Morgan fingerprint density at radius 1 is 1.19 bits per heavy atom. The molecule has 3 aromatic rings. The van der Waals surface area contributed by atoms with Gasteiger partial charge in [-0.1, -0.05) is 0 Å². The van der Waals surface area contributed by atoms with E-state index in [1.165, 1.54) is 23.6 Å². The lowest BCUT2D eigenvalue weighted by Gasteiger charge is -2.14. The Morgan fingerprint density at radius 3 is 2.58 bits per heavy atom. The molecule has 2 heterocycles. The quantitative estimate of drug-likeness (QED) is 0.593. The molecule has 0 saturated carbocycles. The average Bonchev–Trinajstić information content (AvgIpc) is 3.00. The molecule has 0 atom stereocenters. The fourth-order valence-electron chi connectivity index (χ4n) is 2.87. The minimum absolute atomic E-state index is 0.146. The smallest absolute Gasteiger partial charge is 0.213 e. The van der Waals surface area contributed by atoms with Crippen molar-refractivity contribution in [3.63, 3.8) is 0 Å². The van der Waals surface area contributed by atoms with Gasteiger partial charge in [0.15, 0.2) is 5.13 Å². The first-order valence-electron chi connectivity index (χ1n) is 8.50. The number of aromatic nitrogens is 2.